The molecule has 142 valence electrons. The lowest BCUT2D eigenvalue weighted by molar-refractivity contribution is 0.0157. The monoisotopic (exact) mass is 358 g/mol. The van der Waals surface area contributed by atoms with E-state index in [1.54, 1.807) is 24.3 Å². The topological polar surface area (TPSA) is 52.6 Å². The van der Waals surface area contributed by atoms with E-state index in [0.29, 0.717) is 23.0 Å². The number of carbonyl (C=O) groups is 2. The van der Waals surface area contributed by atoms with Crippen molar-refractivity contribution in [3.63, 3.8) is 0 Å². The highest BCUT2D eigenvalue weighted by Gasteiger charge is 2.29. The molecule has 0 N–H and O–H groups in total. The fourth-order valence-electron chi connectivity index (χ4n) is 4.35. The Labute approximate surface area is 156 Å². The van der Waals surface area contributed by atoms with Crippen LogP contribution in [0.2, 0.25) is 0 Å². The first-order valence-corrected chi connectivity index (χ1v) is 10.1. The Morgan fingerprint density at radius 2 is 1.12 bits per heavy atom. The van der Waals surface area contributed by atoms with Crippen LogP contribution in [-0.2, 0) is 9.47 Å². The van der Waals surface area contributed by atoms with Gasteiger partial charge < -0.3 is 9.47 Å². The van der Waals surface area contributed by atoms with Crippen molar-refractivity contribution in [3.8, 4) is 0 Å². The van der Waals surface area contributed by atoms with Crippen molar-refractivity contribution < 1.29 is 19.1 Å². The average molecular weight is 358 g/mol. The van der Waals surface area contributed by atoms with Gasteiger partial charge in [0.25, 0.3) is 0 Å². The third-order valence-corrected chi connectivity index (χ3v) is 6.08. The van der Waals surface area contributed by atoms with Crippen LogP contribution in [0.25, 0.3) is 0 Å². The molecule has 0 bridgehead atoms. The van der Waals surface area contributed by atoms with Crippen LogP contribution in [0.4, 0.5) is 0 Å². The maximum atomic E-state index is 12.6. The molecule has 2 saturated carbocycles. The maximum absolute atomic E-state index is 12.6. The SMILES string of the molecule is CC(OC(=O)c1ccccc1C(=O)OC(C)C1CCCC1)C1CCCC1. The van der Waals surface area contributed by atoms with Gasteiger partial charge in [-0.2, -0.15) is 0 Å². The van der Waals surface area contributed by atoms with E-state index in [9.17, 15) is 9.59 Å². The number of benzene rings is 1. The molecule has 26 heavy (non-hydrogen) atoms. The number of ether oxygens (including phenoxy) is 2. The van der Waals surface area contributed by atoms with E-state index in [1.807, 2.05) is 13.8 Å². The molecule has 0 amide bonds. The summed E-state index contributed by atoms with van der Waals surface area (Å²) in [5.41, 5.74) is 0.613. The summed E-state index contributed by atoms with van der Waals surface area (Å²) in [6.45, 7) is 3.91. The molecule has 0 aromatic heterocycles. The van der Waals surface area contributed by atoms with Gasteiger partial charge in [-0.3, -0.25) is 0 Å². The third kappa shape index (κ3) is 4.46. The molecule has 2 aliphatic rings. The molecule has 0 aliphatic heterocycles. The van der Waals surface area contributed by atoms with E-state index in [2.05, 4.69) is 0 Å². The quantitative estimate of drug-likeness (QED) is 0.659. The largest absolute Gasteiger partial charge is 0.459 e. The van der Waals surface area contributed by atoms with Crippen LogP contribution in [-0.4, -0.2) is 24.1 Å². The van der Waals surface area contributed by atoms with Crippen molar-refractivity contribution in [2.75, 3.05) is 0 Å². The molecule has 0 saturated heterocycles. The fraction of sp³-hybridized carbons (Fsp3) is 0.636. The Bertz CT molecular complexity index is 572. The predicted octanol–water partition coefficient (Wildman–Crippen LogP) is 5.16. The lowest BCUT2D eigenvalue weighted by Gasteiger charge is -2.21. The summed E-state index contributed by atoms with van der Waals surface area (Å²) in [6.07, 6.45) is 9.01. The van der Waals surface area contributed by atoms with E-state index in [0.717, 1.165) is 25.7 Å². The predicted molar refractivity (Wildman–Crippen MR) is 100 cm³/mol. The molecule has 4 nitrogen and oxygen atoms in total. The van der Waals surface area contributed by atoms with Crippen LogP contribution in [0.1, 0.15) is 85.9 Å². The Kier molecular flexibility index (Phi) is 6.33. The first kappa shape index (κ1) is 18.9. The van der Waals surface area contributed by atoms with Crippen molar-refractivity contribution in [3.05, 3.63) is 35.4 Å². The van der Waals surface area contributed by atoms with Gasteiger partial charge in [-0.1, -0.05) is 37.8 Å². The Balaban J connectivity index is 1.66. The number of esters is 2. The maximum Gasteiger partial charge on any atom is 0.339 e. The molecule has 2 fully saturated rings. The van der Waals surface area contributed by atoms with E-state index >= 15 is 0 Å². The van der Waals surface area contributed by atoms with E-state index in [-0.39, 0.29) is 12.2 Å². The third-order valence-electron chi connectivity index (χ3n) is 6.08. The molecular weight excluding hydrogens is 328 g/mol. The molecular formula is C22H30O4. The van der Waals surface area contributed by atoms with Crippen LogP contribution in [0.3, 0.4) is 0 Å². The highest BCUT2D eigenvalue weighted by molar-refractivity contribution is 6.03. The molecule has 2 unspecified atom stereocenters. The van der Waals surface area contributed by atoms with Gasteiger partial charge in [0.15, 0.2) is 0 Å². The van der Waals surface area contributed by atoms with Gasteiger partial charge in [0.05, 0.1) is 11.1 Å². The van der Waals surface area contributed by atoms with Crippen LogP contribution in [0.15, 0.2) is 24.3 Å². The highest BCUT2D eigenvalue weighted by Crippen LogP contribution is 2.31. The lowest BCUT2D eigenvalue weighted by atomic mass is 10.0. The van der Waals surface area contributed by atoms with Crippen molar-refractivity contribution in [2.24, 2.45) is 11.8 Å². The molecule has 0 radical (unpaired) electrons. The summed E-state index contributed by atoms with van der Waals surface area (Å²) in [7, 11) is 0. The van der Waals surface area contributed by atoms with Gasteiger partial charge in [-0.25, -0.2) is 9.59 Å². The molecule has 0 spiro atoms. The van der Waals surface area contributed by atoms with Crippen LogP contribution >= 0.6 is 0 Å². The molecule has 4 heteroatoms. The zero-order valence-corrected chi connectivity index (χ0v) is 15.9. The molecule has 1 aromatic carbocycles. The number of carbonyl (C=O) groups excluding carboxylic acids is 2. The lowest BCUT2D eigenvalue weighted by Crippen LogP contribution is -2.26. The van der Waals surface area contributed by atoms with Crippen LogP contribution in [0, 0.1) is 11.8 Å². The number of rotatable bonds is 6. The van der Waals surface area contributed by atoms with Crippen molar-refractivity contribution in [1.82, 2.24) is 0 Å². The highest BCUT2D eigenvalue weighted by atomic mass is 16.5. The second-order valence-electron chi connectivity index (χ2n) is 7.86. The van der Waals surface area contributed by atoms with Gasteiger partial charge in [-0.05, 0) is 63.5 Å². The Morgan fingerprint density at radius 1 is 0.769 bits per heavy atom. The minimum absolute atomic E-state index is 0.119. The second-order valence-corrected chi connectivity index (χ2v) is 7.86. The number of hydrogen-bond acceptors (Lipinski definition) is 4. The Hall–Kier alpha value is -1.84. The van der Waals surface area contributed by atoms with Crippen molar-refractivity contribution in [1.29, 1.82) is 0 Å². The number of hydrogen-bond donors (Lipinski definition) is 0. The van der Waals surface area contributed by atoms with E-state index < -0.39 is 11.9 Å². The standard InChI is InChI=1S/C22H30O4/c1-15(17-9-3-4-10-17)25-21(23)19-13-7-8-14-20(19)22(24)26-16(2)18-11-5-6-12-18/h7-8,13-18H,3-6,9-12H2,1-2H3. The van der Waals surface area contributed by atoms with Gasteiger partial charge in [0, 0.05) is 0 Å². The summed E-state index contributed by atoms with van der Waals surface area (Å²) >= 11 is 0. The zero-order valence-electron chi connectivity index (χ0n) is 15.9. The smallest absolute Gasteiger partial charge is 0.339 e. The summed E-state index contributed by atoms with van der Waals surface area (Å²) in [4.78, 5) is 25.3. The zero-order chi connectivity index (χ0) is 18.5. The van der Waals surface area contributed by atoms with Gasteiger partial charge in [-0.15, -0.1) is 0 Å². The van der Waals surface area contributed by atoms with E-state index in [4.69, 9.17) is 9.47 Å². The summed E-state index contributed by atoms with van der Waals surface area (Å²) in [5, 5.41) is 0. The van der Waals surface area contributed by atoms with Crippen LogP contribution in [0.5, 0.6) is 0 Å². The molecule has 0 heterocycles. The van der Waals surface area contributed by atoms with E-state index in [1.165, 1.54) is 25.7 Å². The Morgan fingerprint density at radius 3 is 1.46 bits per heavy atom. The molecule has 3 rings (SSSR count). The minimum atomic E-state index is -0.425. The summed E-state index contributed by atoms with van der Waals surface area (Å²) in [5.74, 6) is 0.0110. The molecule has 2 aliphatic carbocycles. The van der Waals surface area contributed by atoms with Crippen LogP contribution < -0.4 is 0 Å². The van der Waals surface area contributed by atoms with Crippen molar-refractivity contribution in [2.45, 2.75) is 77.4 Å². The normalized spacial score (nSPS) is 20.7. The van der Waals surface area contributed by atoms with Gasteiger partial charge >= 0.3 is 11.9 Å². The van der Waals surface area contributed by atoms with Gasteiger partial charge in [0.2, 0.25) is 0 Å². The minimum Gasteiger partial charge on any atom is -0.459 e. The molecule has 2 atom stereocenters. The van der Waals surface area contributed by atoms with Gasteiger partial charge in [0.1, 0.15) is 12.2 Å². The first-order valence-electron chi connectivity index (χ1n) is 10.1. The summed E-state index contributed by atoms with van der Waals surface area (Å²) < 4.78 is 11.3. The average Bonchev–Trinajstić information content (AvgIpc) is 3.35. The second kappa shape index (κ2) is 8.70. The summed E-state index contributed by atoms with van der Waals surface area (Å²) in [6, 6.07) is 6.82. The molecule has 1 aromatic rings. The first-order chi connectivity index (χ1) is 12.6. The fourth-order valence-corrected chi connectivity index (χ4v) is 4.35. The van der Waals surface area contributed by atoms with Crippen molar-refractivity contribution >= 4 is 11.9 Å².